The van der Waals surface area contributed by atoms with Gasteiger partial charge in [-0.15, -0.1) is 11.8 Å². The Balaban J connectivity index is 1.59. The lowest BCUT2D eigenvalue weighted by molar-refractivity contribution is -0.0855. The highest BCUT2D eigenvalue weighted by Gasteiger charge is 2.30. The fourth-order valence-electron chi connectivity index (χ4n) is 4.36. The van der Waals surface area contributed by atoms with E-state index in [-0.39, 0.29) is 28.3 Å². The van der Waals surface area contributed by atoms with Gasteiger partial charge in [-0.05, 0) is 31.2 Å². The molecule has 2 aliphatic rings. The van der Waals surface area contributed by atoms with Crippen molar-refractivity contribution in [3.05, 3.63) is 87.6 Å². The van der Waals surface area contributed by atoms with E-state index >= 15 is 0 Å². The van der Waals surface area contributed by atoms with Crippen LogP contribution in [0.4, 0.5) is 0 Å². The summed E-state index contributed by atoms with van der Waals surface area (Å²) in [7, 11) is 0. The standard InChI is InChI=1S/C25H25N3O4S/c1-16-12-21(29)24(25(30)27-14-17-15-31-10-11-32-17)20-13-23(18-6-4-5-9-26-18)33-22-8-3-2-7-19(22)28(16)20/h2-9,12,17,23H,10-11,13-15H2,1H3,(H,27,30)/t17-,23+/m0/s1. The first-order chi connectivity index (χ1) is 16.1. The monoisotopic (exact) mass is 463 g/mol. The zero-order valence-electron chi connectivity index (χ0n) is 18.3. The van der Waals surface area contributed by atoms with E-state index < -0.39 is 0 Å². The fourth-order valence-corrected chi connectivity index (χ4v) is 5.60. The first-order valence-electron chi connectivity index (χ1n) is 11.0. The number of benzene rings is 1. The molecule has 0 unspecified atom stereocenters. The number of nitrogens with one attached hydrogen (secondary N) is 1. The van der Waals surface area contributed by atoms with Crippen LogP contribution in [0, 0.1) is 6.92 Å². The molecular weight excluding hydrogens is 438 g/mol. The van der Waals surface area contributed by atoms with E-state index in [0.717, 1.165) is 22.0 Å². The van der Waals surface area contributed by atoms with E-state index in [1.165, 1.54) is 0 Å². The molecule has 4 heterocycles. The predicted octanol–water partition coefficient (Wildman–Crippen LogP) is 3.08. The molecule has 2 aromatic heterocycles. The van der Waals surface area contributed by atoms with Crippen LogP contribution in [0.3, 0.4) is 0 Å². The van der Waals surface area contributed by atoms with E-state index in [2.05, 4.69) is 16.4 Å². The van der Waals surface area contributed by atoms with Crippen molar-refractivity contribution in [3.8, 4) is 5.69 Å². The van der Waals surface area contributed by atoms with Crippen molar-refractivity contribution in [2.24, 2.45) is 0 Å². The smallest absolute Gasteiger partial charge is 0.257 e. The number of rotatable bonds is 4. The van der Waals surface area contributed by atoms with Crippen LogP contribution in [0.5, 0.6) is 0 Å². The lowest BCUT2D eigenvalue weighted by atomic mass is 10.0. The first-order valence-corrected chi connectivity index (χ1v) is 11.9. The van der Waals surface area contributed by atoms with Crippen molar-refractivity contribution in [2.75, 3.05) is 26.4 Å². The average Bonchev–Trinajstić information content (AvgIpc) is 3.01. The molecule has 8 heteroatoms. The van der Waals surface area contributed by atoms with Gasteiger partial charge in [0.2, 0.25) is 0 Å². The number of hydrogen-bond donors (Lipinski definition) is 1. The highest BCUT2D eigenvalue weighted by molar-refractivity contribution is 7.99. The van der Waals surface area contributed by atoms with Crippen LogP contribution >= 0.6 is 11.8 Å². The number of aryl methyl sites for hydroxylation is 1. The number of carbonyl (C=O) groups excluding carboxylic acids is 1. The van der Waals surface area contributed by atoms with E-state index in [4.69, 9.17) is 9.47 Å². The van der Waals surface area contributed by atoms with Crippen molar-refractivity contribution in [2.45, 2.75) is 29.6 Å². The number of fused-ring (bicyclic) bond motifs is 3. The van der Waals surface area contributed by atoms with Gasteiger partial charge in [0, 0.05) is 41.5 Å². The third-order valence-corrected chi connectivity index (χ3v) is 7.16. The lowest BCUT2D eigenvalue weighted by Gasteiger charge is -2.24. The predicted molar refractivity (Wildman–Crippen MR) is 126 cm³/mol. The van der Waals surface area contributed by atoms with E-state index in [0.29, 0.717) is 38.5 Å². The Hall–Kier alpha value is -2.94. The van der Waals surface area contributed by atoms with Gasteiger partial charge in [0.1, 0.15) is 5.56 Å². The molecule has 0 bridgehead atoms. The van der Waals surface area contributed by atoms with Crippen LogP contribution in [0.1, 0.15) is 32.7 Å². The first kappa shape index (κ1) is 21.9. The zero-order valence-corrected chi connectivity index (χ0v) is 19.1. The second kappa shape index (κ2) is 9.51. The Morgan fingerprint density at radius 1 is 1.21 bits per heavy atom. The minimum atomic E-state index is -0.387. The van der Waals surface area contributed by atoms with Crippen molar-refractivity contribution < 1.29 is 14.3 Å². The van der Waals surface area contributed by atoms with E-state index in [1.807, 2.05) is 47.9 Å². The summed E-state index contributed by atoms with van der Waals surface area (Å²) in [6.07, 6.45) is 2.06. The molecule has 0 radical (unpaired) electrons. The van der Waals surface area contributed by atoms with Crippen LogP contribution in [-0.4, -0.2) is 47.9 Å². The molecule has 7 nitrogen and oxygen atoms in total. The summed E-state index contributed by atoms with van der Waals surface area (Å²) in [5.74, 6) is -0.387. The molecule has 1 fully saturated rings. The molecule has 170 valence electrons. The molecule has 3 aromatic rings. The summed E-state index contributed by atoms with van der Waals surface area (Å²) < 4.78 is 13.1. The Morgan fingerprint density at radius 2 is 2.06 bits per heavy atom. The summed E-state index contributed by atoms with van der Waals surface area (Å²) >= 11 is 1.70. The fraction of sp³-hybridized carbons (Fsp3) is 0.320. The highest BCUT2D eigenvalue weighted by atomic mass is 32.2. The zero-order chi connectivity index (χ0) is 22.8. The minimum absolute atomic E-state index is 0.0380. The van der Waals surface area contributed by atoms with Crippen molar-refractivity contribution in [1.82, 2.24) is 14.9 Å². The van der Waals surface area contributed by atoms with Crippen molar-refractivity contribution >= 4 is 17.7 Å². The molecule has 2 aliphatic heterocycles. The number of carbonyl (C=O) groups is 1. The molecule has 1 N–H and O–H groups in total. The maximum absolute atomic E-state index is 13.3. The Morgan fingerprint density at radius 3 is 2.85 bits per heavy atom. The number of hydrogen-bond acceptors (Lipinski definition) is 6. The molecule has 2 atom stereocenters. The topological polar surface area (TPSA) is 82.5 Å². The lowest BCUT2D eigenvalue weighted by Crippen LogP contribution is -2.41. The summed E-state index contributed by atoms with van der Waals surface area (Å²) in [4.78, 5) is 32.1. The maximum atomic E-state index is 13.3. The number of nitrogens with zero attached hydrogens (tertiary/aromatic N) is 2. The van der Waals surface area contributed by atoms with Gasteiger partial charge >= 0.3 is 0 Å². The number of aromatic nitrogens is 2. The molecule has 1 amide bonds. The molecule has 0 aliphatic carbocycles. The van der Waals surface area contributed by atoms with Gasteiger partial charge in [-0.3, -0.25) is 14.6 Å². The molecule has 33 heavy (non-hydrogen) atoms. The van der Waals surface area contributed by atoms with Crippen LogP contribution in [0.15, 0.2) is 64.4 Å². The quantitative estimate of drug-likeness (QED) is 0.640. The third-order valence-electron chi connectivity index (χ3n) is 5.87. The van der Waals surface area contributed by atoms with Crippen LogP contribution in [-0.2, 0) is 15.9 Å². The van der Waals surface area contributed by atoms with Gasteiger partial charge in [0.15, 0.2) is 5.43 Å². The van der Waals surface area contributed by atoms with E-state index in [9.17, 15) is 9.59 Å². The number of amides is 1. The highest BCUT2D eigenvalue weighted by Crippen LogP contribution is 2.43. The van der Waals surface area contributed by atoms with Crippen LogP contribution in [0.2, 0.25) is 0 Å². The Kier molecular flexibility index (Phi) is 6.30. The van der Waals surface area contributed by atoms with Crippen molar-refractivity contribution in [3.63, 3.8) is 0 Å². The SMILES string of the molecule is Cc1cc(=O)c(C(=O)NC[C@H]2COCCO2)c2n1-c1ccccc1S[C@@H](c1ccccn1)C2. The summed E-state index contributed by atoms with van der Waals surface area (Å²) in [5.41, 5.74) is 3.28. The molecular formula is C25H25N3O4S. The van der Waals surface area contributed by atoms with Gasteiger partial charge in [0.25, 0.3) is 5.91 Å². The summed E-state index contributed by atoms with van der Waals surface area (Å²) in [6, 6.07) is 15.5. The summed E-state index contributed by atoms with van der Waals surface area (Å²) in [5, 5.41) is 2.86. The molecule has 0 spiro atoms. The van der Waals surface area contributed by atoms with Crippen LogP contribution in [0.25, 0.3) is 5.69 Å². The largest absolute Gasteiger partial charge is 0.376 e. The van der Waals surface area contributed by atoms with Crippen LogP contribution < -0.4 is 10.7 Å². The molecule has 1 saturated heterocycles. The number of para-hydroxylation sites is 1. The number of pyridine rings is 2. The Bertz CT molecular complexity index is 1220. The second-order valence-electron chi connectivity index (χ2n) is 8.12. The average molecular weight is 464 g/mol. The van der Waals surface area contributed by atoms with E-state index in [1.54, 1.807) is 24.0 Å². The maximum Gasteiger partial charge on any atom is 0.257 e. The number of thioether (sulfide) groups is 1. The summed E-state index contributed by atoms with van der Waals surface area (Å²) in [6.45, 7) is 3.69. The molecule has 0 saturated carbocycles. The van der Waals surface area contributed by atoms with Gasteiger partial charge in [-0.25, -0.2) is 0 Å². The Labute approximate surface area is 196 Å². The van der Waals surface area contributed by atoms with Gasteiger partial charge in [-0.2, -0.15) is 0 Å². The van der Waals surface area contributed by atoms with Gasteiger partial charge in [-0.1, -0.05) is 18.2 Å². The minimum Gasteiger partial charge on any atom is -0.376 e. The van der Waals surface area contributed by atoms with Gasteiger partial charge < -0.3 is 19.4 Å². The normalized spacial score (nSPS) is 19.8. The van der Waals surface area contributed by atoms with Gasteiger partial charge in [0.05, 0.1) is 42.6 Å². The van der Waals surface area contributed by atoms with Crippen molar-refractivity contribution in [1.29, 1.82) is 0 Å². The molecule has 5 rings (SSSR count). The number of ether oxygens (including phenoxy) is 2. The molecule has 1 aromatic carbocycles. The third kappa shape index (κ3) is 4.46. The second-order valence-corrected chi connectivity index (χ2v) is 9.36.